The molecule has 2 aromatic rings. The SMILES string of the molecule is O=C(O)c1ccccc1CCNCc1ccc(F)cc1F. The molecule has 2 N–H and O–H groups in total. The lowest BCUT2D eigenvalue weighted by Crippen LogP contribution is -2.18. The van der Waals surface area contributed by atoms with Gasteiger partial charge in [0.05, 0.1) is 5.56 Å². The van der Waals surface area contributed by atoms with Gasteiger partial charge in [-0.3, -0.25) is 0 Å². The van der Waals surface area contributed by atoms with Crippen molar-refractivity contribution in [2.45, 2.75) is 13.0 Å². The van der Waals surface area contributed by atoms with E-state index in [0.717, 1.165) is 11.6 Å². The van der Waals surface area contributed by atoms with Gasteiger partial charge in [-0.05, 0) is 30.7 Å². The summed E-state index contributed by atoms with van der Waals surface area (Å²) in [6.45, 7) is 0.766. The highest BCUT2D eigenvalue weighted by molar-refractivity contribution is 5.89. The molecule has 110 valence electrons. The number of hydrogen-bond acceptors (Lipinski definition) is 2. The predicted molar refractivity (Wildman–Crippen MR) is 75.2 cm³/mol. The summed E-state index contributed by atoms with van der Waals surface area (Å²) in [4.78, 5) is 11.0. The maximum atomic E-state index is 13.4. The lowest BCUT2D eigenvalue weighted by atomic mass is 10.0. The molecule has 21 heavy (non-hydrogen) atoms. The van der Waals surface area contributed by atoms with E-state index in [9.17, 15) is 13.6 Å². The van der Waals surface area contributed by atoms with Gasteiger partial charge in [0.2, 0.25) is 0 Å². The number of carboxylic acid groups (broad SMARTS) is 1. The zero-order chi connectivity index (χ0) is 15.2. The highest BCUT2D eigenvalue weighted by Crippen LogP contribution is 2.11. The highest BCUT2D eigenvalue weighted by Gasteiger charge is 2.08. The number of rotatable bonds is 6. The zero-order valence-electron chi connectivity index (χ0n) is 11.3. The fraction of sp³-hybridized carbons (Fsp3) is 0.188. The van der Waals surface area contributed by atoms with Gasteiger partial charge < -0.3 is 10.4 Å². The molecule has 0 radical (unpaired) electrons. The summed E-state index contributed by atoms with van der Waals surface area (Å²) in [6, 6.07) is 10.2. The third-order valence-corrected chi connectivity index (χ3v) is 3.15. The summed E-state index contributed by atoms with van der Waals surface area (Å²) in [7, 11) is 0. The van der Waals surface area contributed by atoms with Gasteiger partial charge >= 0.3 is 5.97 Å². The van der Waals surface area contributed by atoms with E-state index in [0.29, 0.717) is 18.5 Å². The quantitative estimate of drug-likeness (QED) is 0.804. The van der Waals surface area contributed by atoms with Crippen LogP contribution in [0.5, 0.6) is 0 Å². The van der Waals surface area contributed by atoms with E-state index >= 15 is 0 Å². The Kier molecular flexibility index (Phi) is 5.00. The molecule has 5 heteroatoms. The van der Waals surface area contributed by atoms with Crippen molar-refractivity contribution in [3.63, 3.8) is 0 Å². The van der Waals surface area contributed by atoms with Crippen LogP contribution in [0, 0.1) is 11.6 Å². The minimum atomic E-state index is -0.963. The van der Waals surface area contributed by atoms with Crippen molar-refractivity contribution >= 4 is 5.97 Å². The van der Waals surface area contributed by atoms with Crippen molar-refractivity contribution in [2.24, 2.45) is 0 Å². The maximum Gasteiger partial charge on any atom is 0.335 e. The minimum absolute atomic E-state index is 0.265. The Labute approximate surface area is 121 Å². The molecule has 0 aliphatic heterocycles. The third kappa shape index (κ3) is 4.10. The molecule has 0 aliphatic carbocycles. The molecule has 0 fully saturated rings. The number of nitrogens with one attached hydrogen (secondary N) is 1. The van der Waals surface area contributed by atoms with Gasteiger partial charge in [-0.1, -0.05) is 24.3 Å². The number of hydrogen-bond donors (Lipinski definition) is 2. The Hall–Kier alpha value is -2.27. The second-order valence-electron chi connectivity index (χ2n) is 4.62. The summed E-state index contributed by atoms with van der Waals surface area (Å²) in [5.74, 6) is -2.16. The van der Waals surface area contributed by atoms with Gasteiger partial charge in [0.15, 0.2) is 0 Å². The summed E-state index contributed by atoms with van der Waals surface area (Å²) in [5.41, 5.74) is 1.37. The molecule has 0 bridgehead atoms. The molecule has 0 heterocycles. The fourth-order valence-electron chi connectivity index (χ4n) is 2.06. The average molecular weight is 291 g/mol. The van der Waals surface area contributed by atoms with E-state index in [2.05, 4.69) is 5.32 Å². The molecule has 0 atom stereocenters. The van der Waals surface area contributed by atoms with Crippen LogP contribution in [0.2, 0.25) is 0 Å². The minimum Gasteiger partial charge on any atom is -0.478 e. The van der Waals surface area contributed by atoms with E-state index in [1.54, 1.807) is 24.3 Å². The molecular formula is C16H15F2NO2. The fourth-order valence-corrected chi connectivity index (χ4v) is 2.06. The van der Waals surface area contributed by atoms with Crippen LogP contribution in [0.3, 0.4) is 0 Å². The Morgan fingerprint density at radius 3 is 2.57 bits per heavy atom. The monoisotopic (exact) mass is 291 g/mol. The van der Waals surface area contributed by atoms with Crippen molar-refractivity contribution in [3.8, 4) is 0 Å². The van der Waals surface area contributed by atoms with Crippen LogP contribution >= 0.6 is 0 Å². The van der Waals surface area contributed by atoms with Gasteiger partial charge in [0.1, 0.15) is 11.6 Å². The van der Waals surface area contributed by atoms with Crippen molar-refractivity contribution < 1.29 is 18.7 Å². The molecule has 2 aromatic carbocycles. The number of aromatic carboxylic acids is 1. The number of halogens is 2. The third-order valence-electron chi connectivity index (χ3n) is 3.15. The van der Waals surface area contributed by atoms with Crippen LogP contribution in [0.15, 0.2) is 42.5 Å². The Morgan fingerprint density at radius 2 is 1.86 bits per heavy atom. The first-order valence-electron chi connectivity index (χ1n) is 6.54. The first-order chi connectivity index (χ1) is 10.1. The van der Waals surface area contributed by atoms with Crippen LogP contribution in [-0.2, 0) is 13.0 Å². The molecule has 0 aliphatic rings. The second kappa shape index (κ2) is 6.95. The van der Waals surface area contributed by atoms with E-state index in [-0.39, 0.29) is 12.1 Å². The lowest BCUT2D eigenvalue weighted by molar-refractivity contribution is 0.0695. The highest BCUT2D eigenvalue weighted by atomic mass is 19.1. The van der Waals surface area contributed by atoms with E-state index in [4.69, 9.17) is 5.11 Å². The van der Waals surface area contributed by atoms with Crippen molar-refractivity contribution in [1.29, 1.82) is 0 Å². The molecule has 3 nitrogen and oxygen atoms in total. The summed E-state index contributed by atoms with van der Waals surface area (Å²) in [6.07, 6.45) is 0.519. The first-order valence-corrected chi connectivity index (χ1v) is 6.54. The predicted octanol–water partition coefficient (Wildman–Crippen LogP) is 3.00. The molecular weight excluding hydrogens is 276 g/mol. The van der Waals surface area contributed by atoms with Crippen LogP contribution in [0.25, 0.3) is 0 Å². The number of carbonyl (C=O) groups is 1. The average Bonchev–Trinajstić information content (AvgIpc) is 2.45. The smallest absolute Gasteiger partial charge is 0.335 e. The van der Waals surface area contributed by atoms with Crippen LogP contribution < -0.4 is 5.32 Å². The second-order valence-corrected chi connectivity index (χ2v) is 4.62. The van der Waals surface area contributed by atoms with E-state index in [1.165, 1.54) is 12.1 Å². The van der Waals surface area contributed by atoms with Gasteiger partial charge in [-0.15, -0.1) is 0 Å². The normalized spacial score (nSPS) is 10.6. The van der Waals surface area contributed by atoms with Crippen LogP contribution in [0.4, 0.5) is 8.78 Å². The Morgan fingerprint density at radius 1 is 1.10 bits per heavy atom. The van der Waals surface area contributed by atoms with E-state index in [1.807, 2.05) is 0 Å². The number of benzene rings is 2. The van der Waals surface area contributed by atoms with Crippen molar-refractivity contribution in [1.82, 2.24) is 5.32 Å². The molecule has 0 aromatic heterocycles. The van der Waals surface area contributed by atoms with Crippen LogP contribution in [-0.4, -0.2) is 17.6 Å². The van der Waals surface area contributed by atoms with Crippen LogP contribution in [0.1, 0.15) is 21.5 Å². The van der Waals surface area contributed by atoms with E-state index < -0.39 is 17.6 Å². The molecule has 0 saturated heterocycles. The number of carboxylic acids is 1. The van der Waals surface area contributed by atoms with Gasteiger partial charge in [0, 0.05) is 18.2 Å². The maximum absolute atomic E-state index is 13.4. The first kappa shape index (κ1) is 15.1. The molecule has 2 rings (SSSR count). The van der Waals surface area contributed by atoms with Gasteiger partial charge in [-0.25, -0.2) is 13.6 Å². The molecule has 0 unspecified atom stereocenters. The summed E-state index contributed by atoms with van der Waals surface area (Å²) >= 11 is 0. The molecule has 0 spiro atoms. The van der Waals surface area contributed by atoms with Gasteiger partial charge in [-0.2, -0.15) is 0 Å². The Balaban J connectivity index is 1.89. The standard InChI is InChI=1S/C16H15F2NO2/c17-13-6-5-12(15(18)9-13)10-19-8-7-11-3-1-2-4-14(11)16(20)21/h1-6,9,19H,7-8,10H2,(H,20,21). The van der Waals surface area contributed by atoms with Gasteiger partial charge in [0.25, 0.3) is 0 Å². The van der Waals surface area contributed by atoms with Crippen molar-refractivity contribution in [3.05, 3.63) is 70.8 Å². The molecule has 0 saturated carbocycles. The largest absolute Gasteiger partial charge is 0.478 e. The van der Waals surface area contributed by atoms with Crippen molar-refractivity contribution in [2.75, 3.05) is 6.54 Å². The topological polar surface area (TPSA) is 49.3 Å². The Bertz CT molecular complexity index is 644. The summed E-state index contributed by atoms with van der Waals surface area (Å²) in [5, 5.41) is 12.1. The summed E-state index contributed by atoms with van der Waals surface area (Å²) < 4.78 is 26.2. The lowest BCUT2D eigenvalue weighted by Gasteiger charge is -2.08. The molecule has 0 amide bonds. The zero-order valence-corrected chi connectivity index (χ0v) is 11.3.